The van der Waals surface area contributed by atoms with Crippen molar-refractivity contribution >= 4 is 11.9 Å². The minimum atomic E-state index is -1.05. The topological polar surface area (TPSA) is 82.1 Å². The number of rotatable bonds is 10. The third kappa shape index (κ3) is 4.41. The van der Waals surface area contributed by atoms with Crippen LogP contribution >= 0.6 is 0 Å². The quantitative estimate of drug-likeness (QED) is 0.317. The van der Waals surface area contributed by atoms with Crippen molar-refractivity contribution in [3.05, 3.63) is 72.3 Å². The van der Waals surface area contributed by atoms with Gasteiger partial charge in [-0.1, -0.05) is 57.2 Å². The number of carbonyl (C=O) groups is 2. The summed E-state index contributed by atoms with van der Waals surface area (Å²) in [6.45, 7) is 6.23. The van der Waals surface area contributed by atoms with Gasteiger partial charge >= 0.3 is 11.9 Å². The van der Waals surface area contributed by atoms with Crippen LogP contribution in [-0.4, -0.2) is 37.4 Å². The number of hydrogen-bond acceptors (Lipinski definition) is 5. The first-order valence-electron chi connectivity index (χ1n) is 10.6. The van der Waals surface area contributed by atoms with Crippen LogP contribution in [0.25, 0.3) is 0 Å². The highest BCUT2D eigenvalue weighted by molar-refractivity contribution is 5.85. The van der Waals surface area contributed by atoms with Crippen LogP contribution in [0.1, 0.15) is 32.3 Å². The Kier molecular flexibility index (Phi) is 7.04. The average molecular weight is 439 g/mol. The molecule has 0 saturated heterocycles. The van der Waals surface area contributed by atoms with Gasteiger partial charge in [-0.15, -0.1) is 0 Å². The highest BCUT2D eigenvalue weighted by Gasteiger charge is 2.76. The molecule has 0 amide bonds. The van der Waals surface area contributed by atoms with Gasteiger partial charge < -0.3 is 19.3 Å². The Hall–Kier alpha value is -3.12. The number of allylic oxidation sites excluding steroid dienone is 1. The molecule has 0 bridgehead atoms. The second-order valence-electron chi connectivity index (χ2n) is 8.60. The molecule has 1 fully saturated rings. The van der Waals surface area contributed by atoms with Gasteiger partial charge in [-0.25, -0.2) is 4.79 Å². The van der Waals surface area contributed by atoms with Gasteiger partial charge in [0.05, 0.1) is 12.0 Å². The van der Waals surface area contributed by atoms with E-state index >= 15 is 0 Å². The second kappa shape index (κ2) is 9.57. The molecule has 1 N–H and O–H groups in total. The number of carbonyl (C=O) groups excluding carboxylic acids is 1. The van der Waals surface area contributed by atoms with Gasteiger partial charge in [-0.2, -0.15) is 0 Å². The van der Waals surface area contributed by atoms with Crippen LogP contribution in [0, 0.1) is 16.7 Å². The van der Waals surface area contributed by atoms with E-state index in [0.29, 0.717) is 18.1 Å². The Morgan fingerprint density at radius 3 is 2.41 bits per heavy atom. The maximum absolute atomic E-state index is 12.6. The fraction of sp³-hybridized carbons (Fsp3) is 0.385. The third-order valence-electron chi connectivity index (χ3n) is 6.58. The Balaban J connectivity index is 1.82. The van der Waals surface area contributed by atoms with E-state index in [4.69, 9.17) is 14.2 Å². The molecule has 0 heterocycles. The number of carboxylic acid groups (broad SMARTS) is 1. The third-order valence-corrected chi connectivity index (χ3v) is 6.58. The molecule has 0 unspecified atom stereocenters. The molecule has 0 radical (unpaired) electrons. The molecule has 1 aliphatic carbocycles. The predicted octanol–water partition coefficient (Wildman–Crippen LogP) is 5.06. The summed E-state index contributed by atoms with van der Waals surface area (Å²) in [7, 11) is 1.53. The minimum Gasteiger partial charge on any atom is -0.481 e. The van der Waals surface area contributed by atoms with E-state index in [1.165, 1.54) is 13.2 Å². The number of ether oxygens (including phenoxy) is 3. The Morgan fingerprint density at radius 1 is 1.06 bits per heavy atom. The average Bonchev–Trinajstić information content (AvgIpc) is 3.28. The summed E-state index contributed by atoms with van der Waals surface area (Å²) in [6, 6.07) is 17.0. The predicted molar refractivity (Wildman–Crippen MR) is 121 cm³/mol. The number of aliphatic carboxylic acids is 1. The highest BCUT2D eigenvalue weighted by Crippen LogP contribution is 2.75. The summed E-state index contributed by atoms with van der Waals surface area (Å²) in [6.07, 6.45) is 3.00. The van der Waals surface area contributed by atoms with E-state index in [1.54, 1.807) is 6.08 Å². The first kappa shape index (κ1) is 23.5. The summed E-state index contributed by atoms with van der Waals surface area (Å²) >= 11 is 0. The lowest BCUT2D eigenvalue weighted by atomic mass is 9.79. The van der Waals surface area contributed by atoms with Crippen molar-refractivity contribution in [2.24, 2.45) is 16.7 Å². The van der Waals surface area contributed by atoms with E-state index in [9.17, 15) is 14.7 Å². The van der Waals surface area contributed by atoms with Crippen LogP contribution in [-0.2, 0) is 19.1 Å². The summed E-state index contributed by atoms with van der Waals surface area (Å²) in [5.74, 6) is -0.662. The fourth-order valence-corrected chi connectivity index (χ4v) is 4.83. The van der Waals surface area contributed by atoms with Crippen molar-refractivity contribution < 1.29 is 28.9 Å². The maximum Gasteiger partial charge on any atom is 0.330 e. The fourth-order valence-electron chi connectivity index (χ4n) is 4.83. The van der Waals surface area contributed by atoms with Gasteiger partial charge in [0.2, 0.25) is 0 Å². The second-order valence-corrected chi connectivity index (χ2v) is 8.60. The van der Waals surface area contributed by atoms with Gasteiger partial charge in [0.25, 0.3) is 0 Å². The van der Waals surface area contributed by atoms with E-state index < -0.39 is 22.8 Å². The molecule has 32 heavy (non-hydrogen) atoms. The summed E-state index contributed by atoms with van der Waals surface area (Å²) in [5.41, 5.74) is -0.730. The van der Waals surface area contributed by atoms with E-state index in [1.807, 2.05) is 75.4 Å². The standard InChI is InChI=1S/C26H30O6/c1-18(19-9-8-12-21(17-19)32-20-10-6-5-7-11-20)26(24(28)29)22(25(26,2)3)13-14-23(27)31-16-15-30-4/h5-14,17-18,22H,15-16H2,1-4H3,(H,28,29)/b14-13-/t18-,22+,26-/m0/s1. The lowest BCUT2D eigenvalue weighted by Gasteiger charge is -2.24. The molecule has 0 aromatic heterocycles. The van der Waals surface area contributed by atoms with Gasteiger partial charge in [-0.05, 0) is 41.2 Å². The number of methoxy groups -OCH3 is 1. The molecule has 2 aromatic rings. The molecule has 3 rings (SSSR count). The van der Waals surface area contributed by atoms with E-state index in [0.717, 1.165) is 5.56 Å². The molecule has 2 aromatic carbocycles. The van der Waals surface area contributed by atoms with Crippen molar-refractivity contribution in [3.8, 4) is 11.5 Å². The van der Waals surface area contributed by atoms with Crippen LogP contribution in [0.5, 0.6) is 11.5 Å². The molecule has 1 saturated carbocycles. The van der Waals surface area contributed by atoms with E-state index in [2.05, 4.69) is 0 Å². The Labute approximate surface area is 188 Å². The number of esters is 1. The molecule has 0 aliphatic heterocycles. The van der Waals surface area contributed by atoms with Crippen molar-refractivity contribution in [1.29, 1.82) is 0 Å². The van der Waals surface area contributed by atoms with Crippen LogP contribution < -0.4 is 4.74 Å². The summed E-state index contributed by atoms with van der Waals surface area (Å²) in [5, 5.41) is 10.3. The molecule has 1 aliphatic rings. The monoisotopic (exact) mass is 438 g/mol. The first-order chi connectivity index (χ1) is 15.2. The minimum absolute atomic E-state index is 0.155. The molecular weight excluding hydrogens is 408 g/mol. The normalized spacial score (nSPS) is 22.3. The van der Waals surface area contributed by atoms with Crippen molar-refractivity contribution in [2.45, 2.75) is 26.7 Å². The van der Waals surface area contributed by atoms with Crippen molar-refractivity contribution in [1.82, 2.24) is 0 Å². The number of carboxylic acids is 1. The first-order valence-corrected chi connectivity index (χ1v) is 10.6. The number of para-hydroxylation sites is 1. The smallest absolute Gasteiger partial charge is 0.330 e. The highest BCUT2D eigenvalue weighted by atomic mass is 16.6. The van der Waals surface area contributed by atoms with Crippen LogP contribution in [0.15, 0.2) is 66.7 Å². The number of hydrogen-bond donors (Lipinski definition) is 1. The summed E-state index contributed by atoms with van der Waals surface area (Å²) < 4.78 is 15.9. The zero-order valence-corrected chi connectivity index (χ0v) is 18.9. The van der Waals surface area contributed by atoms with Gasteiger partial charge in [0.1, 0.15) is 18.1 Å². The van der Waals surface area contributed by atoms with Crippen molar-refractivity contribution in [3.63, 3.8) is 0 Å². The SMILES string of the molecule is COCCOC(=O)/C=C\[C@@H]1C(C)(C)[C@@]1(C(=O)O)[C@@H](C)c1cccc(Oc2ccccc2)c1. The molecule has 170 valence electrons. The lowest BCUT2D eigenvalue weighted by molar-refractivity contribution is -0.146. The molecule has 6 heteroatoms. The van der Waals surface area contributed by atoms with Crippen molar-refractivity contribution in [2.75, 3.05) is 20.3 Å². The van der Waals surface area contributed by atoms with E-state index in [-0.39, 0.29) is 18.4 Å². The van der Waals surface area contributed by atoms with Gasteiger partial charge in [0, 0.05) is 19.1 Å². The zero-order chi connectivity index (χ0) is 23.4. The van der Waals surface area contributed by atoms with Gasteiger partial charge in [0.15, 0.2) is 0 Å². The number of benzene rings is 2. The van der Waals surface area contributed by atoms with Crippen LogP contribution in [0.3, 0.4) is 0 Å². The largest absolute Gasteiger partial charge is 0.481 e. The molecule has 6 nitrogen and oxygen atoms in total. The van der Waals surface area contributed by atoms with Crippen LogP contribution in [0.4, 0.5) is 0 Å². The van der Waals surface area contributed by atoms with Gasteiger partial charge in [-0.3, -0.25) is 4.79 Å². The Morgan fingerprint density at radius 2 is 1.75 bits per heavy atom. The lowest BCUT2D eigenvalue weighted by Crippen LogP contribution is -2.28. The van der Waals surface area contributed by atoms with Crippen LogP contribution in [0.2, 0.25) is 0 Å². The summed E-state index contributed by atoms with van der Waals surface area (Å²) in [4.78, 5) is 24.5. The Bertz CT molecular complexity index is 981. The maximum atomic E-state index is 12.6. The molecule has 0 spiro atoms. The zero-order valence-electron chi connectivity index (χ0n) is 18.9. The molecule has 3 atom stereocenters. The molecular formula is C26H30O6.